The minimum absolute atomic E-state index is 0.0148. The topological polar surface area (TPSA) is 38.3 Å². The standard InChI is InChI=1S/C13H18INO2/c1-2-8-17-9-4-7-15-13(16)11-5-3-6-12(14)10-11/h3,5-6,10H,2,4,7-9H2,1H3,(H,15,16). The van der Waals surface area contributed by atoms with Crippen LogP contribution < -0.4 is 5.32 Å². The molecule has 1 aromatic carbocycles. The normalized spacial score (nSPS) is 10.2. The van der Waals surface area contributed by atoms with Crippen molar-refractivity contribution in [1.29, 1.82) is 0 Å². The molecule has 0 heterocycles. The second-order valence-electron chi connectivity index (χ2n) is 3.73. The first-order valence-electron chi connectivity index (χ1n) is 5.85. The Labute approximate surface area is 116 Å². The summed E-state index contributed by atoms with van der Waals surface area (Å²) in [6.07, 6.45) is 1.89. The molecule has 3 nitrogen and oxygen atoms in total. The molecule has 0 bridgehead atoms. The van der Waals surface area contributed by atoms with Gasteiger partial charge in [-0.1, -0.05) is 13.0 Å². The van der Waals surface area contributed by atoms with Crippen molar-refractivity contribution in [2.45, 2.75) is 19.8 Å². The van der Waals surface area contributed by atoms with Crippen LogP contribution in [-0.4, -0.2) is 25.7 Å². The van der Waals surface area contributed by atoms with E-state index in [2.05, 4.69) is 34.8 Å². The molecule has 0 aliphatic carbocycles. The molecule has 1 rings (SSSR count). The zero-order chi connectivity index (χ0) is 12.5. The molecule has 0 fully saturated rings. The first-order chi connectivity index (χ1) is 8.24. The minimum atomic E-state index is -0.0148. The number of hydrogen-bond donors (Lipinski definition) is 1. The van der Waals surface area contributed by atoms with Crippen molar-refractivity contribution < 1.29 is 9.53 Å². The van der Waals surface area contributed by atoms with E-state index >= 15 is 0 Å². The van der Waals surface area contributed by atoms with E-state index < -0.39 is 0 Å². The zero-order valence-corrected chi connectivity index (χ0v) is 12.2. The van der Waals surface area contributed by atoms with E-state index in [1.54, 1.807) is 0 Å². The van der Waals surface area contributed by atoms with Gasteiger partial charge in [-0.3, -0.25) is 4.79 Å². The summed E-state index contributed by atoms with van der Waals surface area (Å²) in [5.41, 5.74) is 0.714. The van der Waals surface area contributed by atoms with E-state index in [1.165, 1.54) is 0 Å². The Kier molecular flexibility index (Phi) is 7.19. The molecule has 0 radical (unpaired) electrons. The van der Waals surface area contributed by atoms with Gasteiger partial charge in [-0.15, -0.1) is 0 Å². The molecule has 0 atom stereocenters. The molecule has 0 aromatic heterocycles. The highest BCUT2D eigenvalue weighted by atomic mass is 127. The van der Waals surface area contributed by atoms with Gasteiger partial charge in [0.15, 0.2) is 0 Å². The summed E-state index contributed by atoms with van der Waals surface area (Å²) in [5, 5.41) is 2.88. The molecule has 0 aliphatic rings. The van der Waals surface area contributed by atoms with Gasteiger partial charge in [-0.05, 0) is 53.6 Å². The van der Waals surface area contributed by atoms with Crippen LogP contribution in [-0.2, 0) is 4.74 Å². The predicted octanol–water partition coefficient (Wildman–Crippen LogP) is 2.84. The number of carbonyl (C=O) groups is 1. The van der Waals surface area contributed by atoms with Crippen LogP contribution in [0.4, 0.5) is 0 Å². The summed E-state index contributed by atoms with van der Waals surface area (Å²) in [5.74, 6) is -0.0148. The van der Waals surface area contributed by atoms with E-state index in [9.17, 15) is 4.79 Å². The zero-order valence-electron chi connectivity index (χ0n) is 10.0. The molecule has 0 saturated carbocycles. The van der Waals surface area contributed by atoms with Crippen LogP contribution in [0.3, 0.4) is 0 Å². The van der Waals surface area contributed by atoms with Crippen LogP contribution >= 0.6 is 22.6 Å². The van der Waals surface area contributed by atoms with Crippen molar-refractivity contribution >= 4 is 28.5 Å². The number of carbonyl (C=O) groups excluding carboxylic acids is 1. The molecule has 1 aromatic rings. The lowest BCUT2D eigenvalue weighted by Gasteiger charge is -2.06. The average Bonchev–Trinajstić information content (AvgIpc) is 2.33. The maximum absolute atomic E-state index is 11.7. The van der Waals surface area contributed by atoms with Crippen molar-refractivity contribution in [2.75, 3.05) is 19.8 Å². The molecule has 0 spiro atoms. The fourth-order valence-electron chi connectivity index (χ4n) is 1.35. The Hall–Kier alpha value is -0.620. The Morgan fingerprint density at radius 1 is 1.41 bits per heavy atom. The maximum Gasteiger partial charge on any atom is 0.251 e. The molecule has 0 aliphatic heterocycles. The lowest BCUT2D eigenvalue weighted by atomic mass is 10.2. The van der Waals surface area contributed by atoms with Crippen molar-refractivity contribution in [3.8, 4) is 0 Å². The molecule has 1 N–H and O–H groups in total. The largest absolute Gasteiger partial charge is 0.381 e. The summed E-state index contributed by atoms with van der Waals surface area (Å²) >= 11 is 2.20. The van der Waals surface area contributed by atoms with Gasteiger partial charge in [0.1, 0.15) is 0 Å². The van der Waals surface area contributed by atoms with E-state index in [0.717, 1.165) is 23.0 Å². The first-order valence-corrected chi connectivity index (χ1v) is 6.93. The van der Waals surface area contributed by atoms with Crippen molar-refractivity contribution in [1.82, 2.24) is 5.32 Å². The van der Waals surface area contributed by atoms with Gasteiger partial charge >= 0.3 is 0 Å². The summed E-state index contributed by atoms with van der Waals surface area (Å²) in [6, 6.07) is 7.56. The van der Waals surface area contributed by atoms with Crippen molar-refractivity contribution in [2.24, 2.45) is 0 Å². The number of ether oxygens (including phenoxy) is 1. The van der Waals surface area contributed by atoms with Crippen molar-refractivity contribution in [3.63, 3.8) is 0 Å². The Bertz CT molecular complexity index is 355. The minimum Gasteiger partial charge on any atom is -0.381 e. The molecule has 1 amide bonds. The van der Waals surface area contributed by atoms with E-state index in [-0.39, 0.29) is 5.91 Å². The Morgan fingerprint density at radius 2 is 2.24 bits per heavy atom. The van der Waals surface area contributed by atoms with Crippen LogP contribution in [0.2, 0.25) is 0 Å². The third kappa shape index (κ3) is 6.02. The van der Waals surface area contributed by atoms with Gasteiger partial charge in [-0.2, -0.15) is 0 Å². The quantitative estimate of drug-likeness (QED) is 0.609. The van der Waals surface area contributed by atoms with E-state index in [4.69, 9.17) is 4.74 Å². The first kappa shape index (κ1) is 14.4. The summed E-state index contributed by atoms with van der Waals surface area (Å²) in [4.78, 5) is 11.7. The fraction of sp³-hybridized carbons (Fsp3) is 0.462. The second-order valence-corrected chi connectivity index (χ2v) is 4.98. The molecular weight excluding hydrogens is 329 g/mol. The maximum atomic E-state index is 11.7. The lowest BCUT2D eigenvalue weighted by Crippen LogP contribution is -2.25. The van der Waals surface area contributed by atoms with Gasteiger partial charge in [-0.25, -0.2) is 0 Å². The smallest absolute Gasteiger partial charge is 0.251 e. The number of hydrogen-bond acceptors (Lipinski definition) is 2. The number of benzene rings is 1. The third-order valence-electron chi connectivity index (χ3n) is 2.19. The second kappa shape index (κ2) is 8.47. The average molecular weight is 347 g/mol. The van der Waals surface area contributed by atoms with Gasteiger partial charge in [0.2, 0.25) is 0 Å². The van der Waals surface area contributed by atoms with Crippen LogP contribution in [0, 0.1) is 3.57 Å². The van der Waals surface area contributed by atoms with Crippen LogP contribution in [0.5, 0.6) is 0 Å². The molecule has 0 unspecified atom stereocenters. The van der Waals surface area contributed by atoms with Gasteiger partial charge in [0, 0.05) is 28.9 Å². The van der Waals surface area contributed by atoms with E-state index in [0.29, 0.717) is 18.7 Å². The van der Waals surface area contributed by atoms with Gasteiger partial charge in [0.05, 0.1) is 0 Å². The Balaban J connectivity index is 2.21. The Morgan fingerprint density at radius 3 is 2.94 bits per heavy atom. The fourth-order valence-corrected chi connectivity index (χ4v) is 1.90. The molecule has 94 valence electrons. The summed E-state index contributed by atoms with van der Waals surface area (Å²) in [6.45, 7) is 4.25. The molecule has 4 heteroatoms. The van der Waals surface area contributed by atoms with Crippen LogP contribution in [0.15, 0.2) is 24.3 Å². The molecular formula is C13H18INO2. The number of nitrogens with one attached hydrogen (secondary N) is 1. The highest BCUT2D eigenvalue weighted by Gasteiger charge is 2.04. The lowest BCUT2D eigenvalue weighted by molar-refractivity contribution is 0.0941. The summed E-state index contributed by atoms with van der Waals surface area (Å²) in [7, 11) is 0. The highest BCUT2D eigenvalue weighted by Crippen LogP contribution is 2.07. The molecule has 0 saturated heterocycles. The SMILES string of the molecule is CCCOCCCNC(=O)c1cccc(I)c1. The third-order valence-corrected chi connectivity index (χ3v) is 2.86. The number of halogens is 1. The number of rotatable bonds is 7. The van der Waals surface area contributed by atoms with Crippen LogP contribution in [0.1, 0.15) is 30.1 Å². The highest BCUT2D eigenvalue weighted by molar-refractivity contribution is 14.1. The van der Waals surface area contributed by atoms with Gasteiger partial charge < -0.3 is 10.1 Å². The van der Waals surface area contributed by atoms with E-state index in [1.807, 2.05) is 24.3 Å². The monoisotopic (exact) mass is 347 g/mol. The van der Waals surface area contributed by atoms with Gasteiger partial charge in [0.25, 0.3) is 5.91 Å². The summed E-state index contributed by atoms with van der Waals surface area (Å²) < 4.78 is 6.41. The van der Waals surface area contributed by atoms with Crippen LogP contribution in [0.25, 0.3) is 0 Å². The predicted molar refractivity (Wildman–Crippen MR) is 77.2 cm³/mol. The molecule has 17 heavy (non-hydrogen) atoms. The van der Waals surface area contributed by atoms with Crippen molar-refractivity contribution in [3.05, 3.63) is 33.4 Å². The number of amides is 1.